The summed E-state index contributed by atoms with van der Waals surface area (Å²) in [6, 6.07) is 11.7. The molecular formula is C23H36N2O. The summed E-state index contributed by atoms with van der Waals surface area (Å²) in [5, 5.41) is 0. The molecular weight excluding hydrogens is 320 g/mol. The van der Waals surface area contributed by atoms with E-state index in [9.17, 15) is 0 Å². The highest BCUT2D eigenvalue weighted by Crippen LogP contribution is 2.50. The number of hydrogen-bond donors (Lipinski definition) is 0. The second-order valence-electron chi connectivity index (χ2n) is 9.66. The van der Waals surface area contributed by atoms with E-state index in [0.717, 1.165) is 31.6 Å². The van der Waals surface area contributed by atoms with Crippen molar-refractivity contribution in [2.24, 2.45) is 5.92 Å². The van der Waals surface area contributed by atoms with Gasteiger partial charge in [-0.05, 0) is 57.1 Å². The molecule has 0 bridgehead atoms. The van der Waals surface area contributed by atoms with Crippen LogP contribution in [0.4, 0.5) is 0 Å². The summed E-state index contributed by atoms with van der Waals surface area (Å²) in [7, 11) is 2.31. The SMILES string of the molecule is CC(C)CN(C)[C@H]1CC[C@]2(CC1)CN(Cc1ccccc1)CC1(CC1)O2. The van der Waals surface area contributed by atoms with Crippen LogP contribution in [0.3, 0.4) is 0 Å². The van der Waals surface area contributed by atoms with E-state index in [4.69, 9.17) is 4.74 Å². The maximum absolute atomic E-state index is 6.83. The van der Waals surface area contributed by atoms with Gasteiger partial charge in [-0.25, -0.2) is 0 Å². The van der Waals surface area contributed by atoms with Gasteiger partial charge in [-0.2, -0.15) is 0 Å². The third kappa shape index (κ3) is 4.16. The van der Waals surface area contributed by atoms with Gasteiger partial charge < -0.3 is 9.64 Å². The molecule has 2 saturated carbocycles. The molecule has 0 unspecified atom stereocenters. The van der Waals surface area contributed by atoms with Crippen molar-refractivity contribution in [3.8, 4) is 0 Å². The van der Waals surface area contributed by atoms with E-state index in [2.05, 4.69) is 61.0 Å². The lowest BCUT2D eigenvalue weighted by molar-refractivity contribution is -0.188. The Morgan fingerprint density at radius 2 is 1.65 bits per heavy atom. The highest BCUT2D eigenvalue weighted by atomic mass is 16.5. The van der Waals surface area contributed by atoms with Crippen molar-refractivity contribution < 1.29 is 4.74 Å². The molecule has 0 atom stereocenters. The average Bonchev–Trinajstić information content (AvgIpc) is 3.33. The smallest absolute Gasteiger partial charge is 0.0819 e. The predicted octanol–water partition coefficient (Wildman–Crippen LogP) is 4.32. The Kier molecular flexibility index (Phi) is 5.15. The van der Waals surface area contributed by atoms with E-state index in [1.54, 1.807) is 0 Å². The number of nitrogens with zero attached hydrogens (tertiary/aromatic N) is 2. The third-order valence-corrected chi connectivity index (χ3v) is 6.66. The van der Waals surface area contributed by atoms with Gasteiger partial charge in [-0.3, -0.25) is 4.90 Å². The molecule has 3 heteroatoms. The minimum atomic E-state index is 0.110. The van der Waals surface area contributed by atoms with E-state index in [-0.39, 0.29) is 11.2 Å². The van der Waals surface area contributed by atoms with Gasteiger partial charge in [0.15, 0.2) is 0 Å². The van der Waals surface area contributed by atoms with Gasteiger partial charge in [0.1, 0.15) is 0 Å². The lowest BCUT2D eigenvalue weighted by atomic mass is 9.79. The van der Waals surface area contributed by atoms with E-state index >= 15 is 0 Å². The Hall–Kier alpha value is -0.900. The second kappa shape index (κ2) is 7.26. The topological polar surface area (TPSA) is 15.7 Å². The molecule has 0 amide bonds. The first-order chi connectivity index (χ1) is 12.5. The van der Waals surface area contributed by atoms with E-state index < -0.39 is 0 Å². The molecule has 0 aromatic heterocycles. The molecule has 26 heavy (non-hydrogen) atoms. The normalized spacial score (nSPS) is 31.2. The zero-order valence-electron chi connectivity index (χ0n) is 16.9. The summed E-state index contributed by atoms with van der Waals surface area (Å²) in [6.07, 6.45) is 7.56. The molecule has 1 aliphatic heterocycles. The van der Waals surface area contributed by atoms with Crippen LogP contribution in [0.2, 0.25) is 0 Å². The molecule has 1 aromatic carbocycles. The molecule has 1 aromatic rings. The van der Waals surface area contributed by atoms with Crippen LogP contribution in [0, 0.1) is 5.92 Å². The third-order valence-electron chi connectivity index (χ3n) is 6.66. The van der Waals surface area contributed by atoms with Gasteiger partial charge in [-0.1, -0.05) is 44.2 Å². The van der Waals surface area contributed by atoms with Crippen LogP contribution in [0.5, 0.6) is 0 Å². The molecule has 144 valence electrons. The predicted molar refractivity (Wildman–Crippen MR) is 107 cm³/mol. The van der Waals surface area contributed by atoms with Gasteiger partial charge in [0.2, 0.25) is 0 Å². The summed E-state index contributed by atoms with van der Waals surface area (Å²) in [4.78, 5) is 5.28. The molecule has 1 heterocycles. The van der Waals surface area contributed by atoms with E-state index in [0.29, 0.717) is 0 Å². The minimum absolute atomic E-state index is 0.110. The van der Waals surface area contributed by atoms with Crippen molar-refractivity contribution in [2.75, 3.05) is 26.7 Å². The number of benzene rings is 1. The summed E-state index contributed by atoms with van der Waals surface area (Å²) < 4.78 is 6.83. The minimum Gasteiger partial charge on any atom is -0.366 e. The van der Waals surface area contributed by atoms with Crippen molar-refractivity contribution >= 4 is 0 Å². The van der Waals surface area contributed by atoms with Gasteiger partial charge in [0, 0.05) is 32.2 Å². The lowest BCUT2D eigenvalue weighted by Gasteiger charge is -2.51. The molecule has 2 spiro atoms. The fourth-order valence-electron chi connectivity index (χ4n) is 5.30. The number of hydrogen-bond acceptors (Lipinski definition) is 3. The van der Waals surface area contributed by atoms with Gasteiger partial charge in [0.25, 0.3) is 0 Å². The first-order valence-corrected chi connectivity index (χ1v) is 10.6. The largest absolute Gasteiger partial charge is 0.366 e. The molecule has 0 radical (unpaired) electrons. The van der Waals surface area contributed by atoms with E-state index in [1.807, 2.05) is 0 Å². The lowest BCUT2D eigenvalue weighted by Crippen LogP contribution is -2.58. The first-order valence-electron chi connectivity index (χ1n) is 10.6. The van der Waals surface area contributed by atoms with Crippen LogP contribution in [-0.4, -0.2) is 53.7 Å². The first kappa shape index (κ1) is 18.5. The Labute approximate surface area is 159 Å². The molecule has 3 aliphatic rings. The number of ether oxygens (including phenoxy) is 1. The number of rotatable bonds is 5. The molecule has 2 aliphatic carbocycles. The standard InChI is InChI=1S/C23H36N2O/c1-19(2)15-24(3)21-9-11-22(12-10-21)17-25(18-23(26-22)13-14-23)16-20-7-5-4-6-8-20/h4-8,19,21H,9-18H2,1-3H3/t21-,22-. The molecule has 0 N–H and O–H groups in total. The quantitative estimate of drug-likeness (QED) is 0.781. The second-order valence-corrected chi connectivity index (χ2v) is 9.66. The van der Waals surface area contributed by atoms with Crippen molar-refractivity contribution in [3.63, 3.8) is 0 Å². The van der Waals surface area contributed by atoms with Crippen LogP contribution in [-0.2, 0) is 11.3 Å². The fourth-order valence-corrected chi connectivity index (χ4v) is 5.30. The molecule has 1 saturated heterocycles. The maximum atomic E-state index is 6.83. The van der Waals surface area contributed by atoms with Crippen LogP contribution >= 0.6 is 0 Å². The van der Waals surface area contributed by atoms with Gasteiger partial charge in [-0.15, -0.1) is 0 Å². The van der Waals surface area contributed by atoms with Gasteiger partial charge >= 0.3 is 0 Å². The number of morpholine rings is 1. The maximum Gasteiger partial charge on any atom is 0.0819 e. The van der Waals surface area contributed by atoms with Crippen LogP contribution in [0.15, 0.2) is 30.3 Å². The highest BCUT2D eigenvalue weighted by Gasteiger charge is 2.55. The monoisotopic (exact) mass is 356 g/mol. The average molecular weight is 357 g/mol. The van der Waals surface area contributed by atoms with Crippen molar-refractivity contribution in [2.45, 2.75) is 76.2 Å². The van der Waals surface area contributed by atoms with Crippen LogP contribution in [0.25, 0.3) is 0 Å². The summed E-state index contributed by atoms with van der Waals surface area (Å²) >= 11 is 0. The summed E-state index contributed by atoms with van der Waals surface area (Å²) in [6.45, 7) is 9.17. The molecule has 3 nitrogen and oxygen atoms in total. The summed E-state index contributed by atoms with van der Waals surface area (Å²) in [5.74, 6) is 0.748. The molecule has 4 rings (SSSR count). The summed E-state index contributed by atoms with van der Waals surface area (Å²) in [5.41, 5.74) is 1.73. The zero-order valence-corrected chi connectivity index (χ0v) is 16.9. The Balaban J connectivity index is 1.40. The molecule has 3 fully saturated rings. The van der Waals surface area contributed by atoms with E-state index in [1.165, 1.54) is 50.6 Å². The highest BCUT2D eigenvalue weighted by molar-refractivity contribution is 5.16. The van der Waals surface area contributed by atoms with Crippen molar-refractivity contribution in [3.05, 3.63) is 35.9 Å². The Morgan fingerprint density at radius 3 is 2.23 bits per heavy atom. The fraction of sp³-hybridized carbons (Fsp3) is 0.739. The van der Waals surface area contributed by atoms with Gasteiger partial charge in [0.05, 0.1) is 11.2 Å². The van der Waals surface area contributed by atoms with Crippen molar-refractivity contribution in [1.29, 1.82) is 0 Å². The van der Waals surface area contributed by atoms with Crippen LogP contribution < -0.4 is 0 Å². The zero-order chi connectivity index (χ0) is 18.2. The van der Waals surface area contributed by atoms with Crippen molar-refractivity contribution in [1.82, 2.24) is 9.80 Å². The Bertz CT molecular complexity index is 587. The Morgan fingerprint density at radius 1 is 1.04 bits per heavy atom. The van der Waals surface area contributed by atoms with Crippen LogP contribution in [0.1, 0.15) is 57.9 Å².